The fourth-order valence-corrected chi connectivity index (χ4v) is 10.6. The molecule has 0 bridgehead atoms. The number of nitrogens with zero attached hydrogens (tertiary/aromatic N) is 3. The van der Waals surface area contributed by atoms with E-state index < -0.39 is 7.14 Å². The summed E-state index contributed by atoms with van der Waals surface area (Å²) in [5.41, 5.74) is 7.70. The molecule has 0 saturated heterocycles. The fraction of sp³-hybridized carbons (Fsp3) is 0.0476. The summed E-state index contributed by atoms with van der Waals surface area (Å²) in [6.07, 6.45) is 0.733. The number of para-hydroxylation sites is 2. The van der Waals surface area contributed by atoms with E-state index in [1.807, 2.05) is 72.8 Å². The fourth-order valence-electron chi connectivity index (χ4n) is 7.60. The molecule has 47 heavy (non-hydrogen) atoms. The van der Waals surface area contributed by atoms with Gasteiger partial charge in [0.2, 0.25) is 0 Å². The molecule has 0 saturated carbocycles. The van der Waals surface area contributed by atoms with Crippen LogP contribution in [0.5, 0.6) is 0 Å². The molecule has 0 N–H and O–H groups in total. The molecular formula is C42H28N3OP. The van der Waals surface area contributed by atoms with Gasteiger partial charge < -0.3 is 4.57 Å². The van der Waals surface area contributed by atoms with Crippen molar-refractivity contribution in [3.05, 3.63) is 151 Å². The topological polar surface area (TPSA) is 58.7 Å². The van der Waals surface area contributed by atoms with E-state index in [0.717, 1.165) is 88.7 Å². The maximum Gasteiger partial charge on any atom is 0.175 e. The molecule has 9 rings (SSSR count). The van der Waals surface area contributed by atoms with Crippen molar-refractivity contribution in [2.75, 3.05) is 0 Å². The van der Waals surface area contributed by atoms with Crippen LogP contribution in [0.2, 0.25) is 0 Å². The minimum Gasteiger partial charge on any atom is -0.308 e. The van der Waals surface area contributed by atoms with Crippen LogP contribution in [0.4, 0.5) is 0 Å². The highest BCUT2D eigenvalue weighted by molar-refractivity contribution is 7.86. The summed E-state index contributed by atoms with van der Waals surface area (Å²) in [6.45, 7) is 2.13. The molecule has 1 atom stereocenters. The third-order valence-corrected chi connectivity index (χ3v) is 12.7. The number of rotatable bonds is 4. The number of fused-ring (bicyclic) bond motifs is 4. The van der Waals surface area contributed by atoms with E-state index in [4.69, 9.17) is 4.98 Å². The lowest BCUT2D eigenvalue weighted by Gasteiger charge is -2.31. The second kappa shape index (κ2) is 10.4. The van der Waals surface area contributed by atoms with Crippen molar-refractivity contribution in [3.8, 4) is 34.0 Å². The number of imidazole rings is 1. The summed E-state index contributed by atoms with van der Waals surface area (Å²) in [6, 6.07) is 49.5. The molecule has 0 aliphatic carbocycles. The molecule has 5 heteroatoms. The van der Waals surface area contributed by atoms with Crippen molar-refractivity contribution >= 4 is 55.6 Å². The standard InChI is InChI=1S/C42H28N3OP/c1-2-38-44-35-19-11-21-37-42(35)45(38)41-34(18-10-20-36(41)47(37,46)29-12-4-3-5-13-29)40-32-16-8-6-14-30(32)39(31-15-7-9-17-33(31)40)28-24-22-27(26-43)23-25-28/h3-25H,2H2,1H3. The van der Waals surface area contributed by atoms with E-state index in [9.17, 15) is 5.26 Å². The molecule has 0 amide bonds. The molecule has 8 aromatic rings. The Bertz CT molecular complexity index is 2590. The van der Waals surface area contributed by atoms with Gasteiger partial charge in [-0.05, 0) is 68.6 Å². The molecule has 1 aliphatic heterocycles. The van der Waals surface area contributed by atoms with Gasteiger partial charge in [-0.25, -0.2) is 4.98 Å². The molecule has 2 heterocycles. The van der Waals surface area contributed by atoms with Gasteiger partial charge in [0.25, 0.3) is 0 Å². The first-order chi connectivity index (χ1) is 23.1. The number of hydrogen-bond donors (Lipinski definition) is 0. The van der Waals surface area contributed by atoms with Gasteiger partial charge in [-0.2, -0.15) is 5.26 Å². The molecule has 0 radical (unpaired) electrons. The molecule has 1 aromatic heterocycles. The summed E-state index contributed by atoms with van der Waals surface area (Å²) in [4.78, 5) is 5.11. The van der Waals surface area contributed by atoms with E-state index >= 15 is 4.57 Å². The largest absolute Gasteiger partial charge is 0.308 e. The smallest absolute Gasteiger partial charge is 0.175 e. The van der Waals surface area contributed by atoms with Crippen LogP contribution in [0, 0.1) is 11.3 Å². The maximum absolute atomic E-state index is 15.9. The Kier molecular flexibility index (Phi) is 6.09. The summed E-state index contributed by atoms with van der Waals surface area (Å²) < 4.78 is 18.2. The van der Waals surface area contributed by atoms with Crippen molar-refractivity contribution < 1.29 is 4.57 Å². The van der Waals surface area contributed by atoms with E-state index in [0.29, 0.717) is 5.56 Å². The lowest BCUT2D eigenvalue weighted by atomic mass is 9.85. The molecule has 222 valence electrons. The van der Waals surface area contributed by atoms with Crippen LogP contribution in [-0.2, 0) is 11.0 Å². The Balaban J connectivity index is 1.46. The van der Waals surface area contributed by atoms with Gasteiger partial charge in [-0.1, -0.05) is 116 Å². The van der Waals surface area contributed by atoms with Gasteiger partial charge >= 0.3 is 0 Å². The molecule has 0 spiro atoms. The quantitative estimate of drug-likeness (QED) is 0.146. The van der Waals surface area contributed by atoms with Gasteiger partial charge in [0.05, 0.1) is 28.4 Å². The van der Waals surface area contributed by atoms with Crippen LogP contribution in [0.1, 0.15) is 18.3 Å². The summed E-state index contributed by atoms with van der Waals surface area (Å²) in [5.74, 6) is 0.947. The first-order valence-corrected chi connectivity index (χ1v) is 17.6. The van der Waals surface area contributed by atoms with Gasteiger partial charge in [0.1, 0.15) is 5.82 Å². The van der Waals surface area contributed by atoms with Crippen molar-refractivity contribution in [2.24, 2.45) is 0 Å². The zero-order valence-electron chi connectivity index (χ0n) is 25.7. The lowest BCUT2D eigenvalue weighted by Crippen LogP contribution is -2.33. The minimum atomic E-state index is -3.28. The predicted molar refractivity (Wildman–Crippen MR) is 194 cm³/mol. The number of aryl methyl sites for hydroxylation is 1. The van der Waals surface area contributed by atoms with Crippen LogP contribution in [0.25, 0.3) is 60.5 Å². The summed E-state index contributed by atoms with van der Waals surface area (Å²) >= 11 is 0. The van der Waals surface area contributed by atoms with Crippen LogP contribution >= 0.6 is 7.14 Å². The maximum atomic E-state index is 15.9. The van der Waals surface area contributed by atoms with Gasteiger partial charge in [-0.3, -0.25) is 4.57 Å². The molecule has 4 nitrogen and oxygen atoms in total. The summed E-state index contributed by atoms with van der Waals surface area (Å²) in [7, 11) is -3.28. The number of benzene rings is 7. The van der Waals surface area contributed by atoms with E-state index in [1.54, 1.807) is 0 Å². The molecule has 0 fully saturated rings. The average molecular weight is 622 g/mol. The van der Waals surface area contributed by atoms with Gasteiger partial charge in [-0.15, -0.1) is 0 Å². The second-order valence-electron chi connectivity index (χ2n) is 12.0. The Morgan fingerprint density at radius 1 is 0.660 bits per heavy atom. The monoisotopic (exact) mass is 621 g/mol. The first-order valence-electron chi connectivity index (χ1n) is 15.9. The van der Waals surface area contributed by atoms with Crippen molar-refractivity contribution in [2.45, 2.75) is 13.3 Å². The second-order valence-corrected chi connectivity index (χ2v) is 14.7. The SMILES string of the molecule is CCc1nc2cccc3c2n1-c1c(-c2c4ccccc4c(-c4ccc(C#N)cc4)c4ccccc24)cccc1P3(=O)c1ccccc1. The van der Waals surface area contributed by atoms with Crippen molar-refractivity contribution in [1.82, 2.24) is 9.55 Å². The normalized spacial score (nSPS) is 15.1. The highest BCUT2D eigenvalue weighted by atomic mass is 31.2. The van der Waals surface area contributed by atoms with Gasteiger partial charge in [0, 0.05) is 27.9 Å². The highest BCUT2D eigenvalue weighted by Crippen LogP contribution is 2.53. The predicted octanol–water partition coefficient (Wildman–Crippen LogP) is 9.05. The number of aromatic nitrogens is 2. The molecule has 1 unspecified atom stereocenters. The third-order valence-electron chi connectivity index (χ3n) is 9.58. The zero-order valence-corrected chi connectivity index (χ0v) is 26.6. The Labute approximate surface area is 272 Å². The Morgan fingerprint density at radius 2 is 1.26 bits per heavy atom. The van der Waals surface area contributed by atoms with Crippen LogP contribution in [0.15, 0.2) is 140 Å². The van der Waals surface area contributed by atoms with E-state index in [2.05, 4.69) is 84.3 Å². The van der Waals surface area contributed by atoms with Crippen molar-refractivity contribution in [1.29, 1.82) is 5.26 Å². The van der Waals surface area contributed by atoms with Crippen molar-refractivity contribution in [3.63, 3.8) is 0 Å². The third kappa shape index (κ3) is 3.81. The van der Waals surface area contributed by atoms with E-state index in [-0.39, 0.29) is 0 Å². The highest BCUT2D eigenvalue weighted by Gasteiger charge is 2.41. The van der Waals surface area contributed by atoms with Crippen LogP contribution < -0.4 is 15.9 Å². The van der Waals surface area contributed by atoms with Crippen LogP contribution in [-0.4, -0.2) is 9.55 Å². The average Bonchev–Trinajstić information content (AvgIpc) is 3.52. The first kappa shape index (κ1) is 27.6. The lowest BCUT2D eigenvalue weighted by molar-refractivity contribution is 0.592. The molecule has 7 aromatic carbocycles. The Hall–Kier alpha value is -5.75. The Morgan fingerprint density at radius 3 is 1.89 bits per heavy atom. The van der Waals surface area contributed by atoms with Crippen LogP contribution in [0.3, 0.4) is 0 Å². The minimum absolute atomic E-state index is 0.636. The number of hydrogen-bond acceptors (Lipinski definition) is 3. The number of nitriles is 1. The van der Waals surface area contributed by atoms with Gasteiger partial charge in [0.15, 0.2) is 7.14 Å². The van der Waals surface area contributed by atoms with E-state index in [1.165, 1.54) is 0 Å². The summed E-state index contributed by atoms with van der Waals surface area (Å²) in [5, 5.41) is 16.4. The molecule has 1 aliphatic rings. The molecular weight excluding hydrogens is 593 g/mol. The zero-order chi connectivity index (χ0) is 31.7.